The lowest BCUT2D eigenvalue weighted by molar-refractivity contribution is 0.352. The molecule has 0 heterocycles. The van der Waals surface area contributed by atoms with E-state index in [2.05, 4.69) is 20.7 Å². The Kier molecular flexibility index (Phi) is 8.86. The third kappa shape index (κ3) is 4.96. The molecule has 6 nitrogen and oxygen atoms in total. The fraction of sp³-hybridized carbons (Fsp3) is 0.571. The van der Waals surface area contributed by atoms with Gasteiger partial charge in [-0.15, -0.1) is 12.4 Å². The highest BCUT2D eigenvalue weighted by Gasteiger charge is 2.32. The Morgan fingerprint density at radius 2 is 1.65 bits per heavy atom. The van der Waals surface area contributed by atoms with Crippen LogP contribution in [0.25, 0.3) is 0 Å². The first-order valence-electron chi connectivity index (χ1n) is 6.94. The van der Waals surface area contributed by atoms with Crippen LogP contribution in [0.4, 0.5) is 0 Å². The molecule has 0 unspecified atom stereocenters. The Morgan fingerprint density at radius 3 is 2.04 bits per heavy atom. The van der Waals surface area contributed by atoms with Gasteiger partial charge in [0.2, 0.25) is 10.0 Å². The molecular weight excluding hydrogens is 408 g/mol. The summed E-state index contributed by atoms with van der Waals surface area (Å²) in [5.41, 5.74) is 5.11. The Bertz CT molecular complexity index is 613. The third-order valence-corrected chi connectivity index (χ3v) is 6.36. The van der Waals surface area contributed by atoms with E-state index in [1.54, 1.807) is 6.07 Å². The van der Waals surface area contributed by atoms with E-state index in [9.17, 15) is 8.42 Å². The molecule has 9 heteroatoms. The largest absolute Gasteiger partial charge is 0.493 e. The number of benzene rings is 1. The van der Waals surface area contributed by atoms with Gasteiger partial charge in [0.25, 0.3) is 0 Å². The molecule has 0 saturated carbocycles. The molecular formula is C14H24BrClN2O4S. The normalized spacial score (nSPS) is 11.7. The van der Waals surface area contributed by atoms with Gasteiger partial charge in [0.15, 0.2) is 11.5 Å². The highest BCUT2D eigenvalue weighted by Crippen LogP contribution is 2.36. The van der Waals surface area contributed by atoms with Crippen molar-refractivity contribution in [1.82, 2.24) is 4.72 Å². The SMILES string of the molecule is CCC(CC)(CN)NS(=O)(=O)c1cc(OC)c(OC)cc1Br.Cl. The zero-order valence-corrected chi connectivity index (χ0v) is 16.9. The maximum absolute atomic E-state index is 12.7. The average Bonchev–Trinajstić information content (AvgIpc) is 2.52. The zero-order valence-electron chi connectivity index (χ0n) is 13.7. The van der Waals surface area contributed by atoms with Gasteiger partial charge in [0, 0.05) is 22.6 Å². The molecule has 1 rings (SSSR count). The van der Waals surface area contributed by atoms with Gasteiger partial charge >= 0.3 is 0 Å². The Hall–Kier alpha value is -0.540. The van der Waals surface area contributed by atoms with Gasteiger partial charge in [-0.2, -0.15) is 0 Å². The van der Waals surface area contributed by atoms with E-state index < -0.39 is 15.6 Å². The predicted octanol–water partition coefficient (Wildman–Crippen LogP) is 2.68. The first-order chi connectivity index (χ1) is 10.3. The van der Waals surface area contributed by atoms with Crippen LogP contribution in [0.15, 0.2) is 21.5 Å². The van der Waals surface area contributed by atoms with E-state index in [0.29, 0.717) is 28.8 Å². The van der Waals surface area contributed by atoms with E-state index in [1.165, 1.54) is 20.3 Å². The van der Waals surface area contributed by atoms with E-state index in [0.717, 1.165) is 0 Å². The topological polar surface area (TPSA) is 90.7 Å². The minimum atomic E-state index is -3.75. The van der Waals surface area contributed by atoms with Gasteiger partial charge < -0.3 is 15.2 Å². The lowest BCUT2D eigenvalue weighted by atomic mass is 9.95. The molecule has 3 N–H and O–H groups in total. The smallest absolute Gasteiger partial charge is 0.242 e. The van der Waals surface area contributed by atoms with Crippen LogP contribution in [0.1, 0.15) is 26.7 Å². The molecule has 1 aromatic rings. The Labute approximate surface area is 152 Å². The van der Waals surface area contributed by atoms with Crippen molar-refractivity contribution in [3.63, 3.8) is 0 Å². The molecule has 0 fully saturated rings. The van der Waals surface area contributed by atoms with Crippen LogP contribution in [0.5, 0.6) is 11.5 Å². The second-order valence-corrected chi connectivity index (χ2v) is 7.44. The summed E-state index contributed by atoms with van der Waals surface area (Å²) < 4.78 is 38.9. The Balaban J connectivity index is 0.00000484. The van der Waals surface area contributed by atoms with Crippen LogP contribution in [0.2, 0.25) is 0 Å². The number of rotatable bonds is 8. The molecule has 0 aromatic heterocycles. The number of sulfonamides is 1. The lowest BCUT2D eigenvalue weighted by Gasteiger charge is -2.31. The lowest BCUT2D eigenvalue weighted by Crippen LogP contribution is -2.52. The van der Waals surface area contributed by atoms with Gasteiger partial charge in [-0.05, 0) is 34.8 Å². The molecule has 0 saturated heterocycles. The number of methoxy groups -OCH3 is 2. The molecule has 0 radical (unpaired) electrons. The molecule has 0 bridgehead atoms. The highest BCUT2D eigenvalue weighted by atomic mass is 79.9. The standard InChI is InChI=1S/C14H23BrN2O4S.ClH/c1-5-14(6-2,9-16)17-22(18,19)13-8-12(21-4)11(20-3)7-10(13)15;/h7-8,17H,5-6,9,16H2,1-4H3;1H. The molecule has 0 aliphatic rings. The molecule has 0 aliphatic carbocycles. The molecule has 0 amide bonds. The second-order valence-electron chi connectivity index (χ2n) is 4.93. The third-order valence-electron chi connectivity index (χ3n) is 3.82. The summed E-state index contributed by atoms with van der Waals surface area (Å²) in [5, 5.41) is 0. The van der Waals surface area contributed by atoms with Gasteiger partial charge in [-0.25, -0.2) is 13.1 Å². The average molecular weight is 432 g/mol. The van der Waals surface area contributed by atoms with Crippen LogP contribution >= 0.6 is 28.3 Å². The summed E-state index contributed by atoms with van der Waals surface area (Å²) in [6.07, 6.45) is 1.20. The zero-order chi connectivity index (χ0) is 17.0. The van der Waals surface area contributed by atoms with E-state index in [-0.39, 0.29) is 23.8 Å². The number of hydrogen-bond acceptors (Lipinski definition) is 5. The molecule has 0 spiro atoms. The van der Waals surface area contributed by atoms with E-state index >= 15 is 0 Å². The van der Waals surface area contributed by atoms with Crippen LogP contribution in [-0.4, -0.2) is 34.7 Å². The summed E-state index contributed by atoms with van der Waals surface area (Å²) in [6.45, 7) is 4.04. The minimum absolute atomic E-state index is 0. The first kappa shape index (κ1) is 22.5. The fourth-order valence-corrected chi connectivity index (χ4v) is 4.70. The van der Waals surface area contributed by atoms with Gasteiger partial charge in [0.05, 0.1) is 14.2 Å². The molecule has 0 atom stereocenters. The predicted molar refractivity (Wildman–Crippen MR) is 97.2 cm³/mol. The number of nitrogens with one attached hydrogen (secondary N) is 1. The van der Waals surface area contributed by atoms with Crippen molar-refractivity contribution in [2.45, 2.75) is 37.1 Å². The van der Waals surface area contributed by atoms with Gasteiger partial charge in [-0.3, -0.25) is 0 Å². The summed E-state index contributed by atoms with van der Waals surface area (Å²) in [4.78, 5) is 0.0878. The van der Waals surface area contributed by atoms with Crippen molar-refractivity contribution in [2.75, 3.05) is 20.8 Å². The number of hydrogen-bond donors (Lipinski definition) is 2. The van der Waals surface area contributed by atoms with Crippen LogP contribution in [-0.2, 0) is 10.0 Å². The van der Waals surface area contributed by atoms with Crippen molar-refractivity contribution in [3.05, 3.63) is 16.6 Å². The number of halogens is 2. The van der Waals surface area contributed by atoms with Crippen LogP contribution in [0.3, 0.4) is 0 Å². The molecule has 0 aliphatic heterocycles. The maximum Gasteiger partial charge on any atom is 0.242 e. The van der Waals surface area contributed by atoms with Crippen molar-refractivity contribution in [2.24, 2.45) is 5.73 Å². The second kappa shape index (κ2) is 9.08. The summed E-state index contributed by atoms with van der Waals surface area (Å²) >= 11 is 3.27. The van der Waals surface area contributed by atoms with Crippen LogP contribution < -0.4 is 19.9 Å². The fourth-order valence-electron chi connectivity index (χ4n) is 2.11. The van der Waals surface area contributed by atoms with Crippen molar-refractivity contribution < 1.29 is 17.9 Å². The van der Waals surface area contributed by atoms with Gasteiger partial charge in [-0.1, -0.05) is 13.8 Å². The summed E-state index contributed by atoms with van der Waals surface area (Å²) in [6, 6.07) is 2.99. The quantitative estimate of drug-likeness (QED) is 0.660. The number of ether oxygens (including phenoxy) is 2. The molecule has 23 heavy (non-hydrogen) atoms. The summed E-state index contributed by atoms with van der Waals surface area (Å²) in [5.74, 6) is 0.793. The monoisotopic (exact) mass is 430 g/mol. The summed E-state index contributed by atoms with van der Waals surface area (Å²) in [7, 11) is -0.808. The van der Waals surface area contributed by atoms with E-state index in [1.807, 2.05) is 13.8 Å². The van der Waals surface area contributed by atoms with Crippen molar-refractivity contribution >= 4 is 38.4 Å². The van der Waals surface area contributed by atoms with Gasteiger partial charge in [0.1, 0.15) is 4.90 Å². The van der Waals surface area contributed by atoms with E-state index in [4.69, 9.17) is 15.2 Å². The Morgan fingerprint density at radius 1 is 1.17 bits per heavy atom. The van der Waals surface area contributed by atoms with Crippen LogP contribution in [0, 0.1) is 0 Å². The molecule has 1 aromatic carbocycles. The maximum atomic E-state index is 12.7. The van der Waals surface area contributed by atoms with Crippen molar-refractivity contribution in [1.29, 1.82) is 0 Å². The molecule has 134 valence electrons. The first-order valence-corrected chi connectivity index (χ1v) is 9.22. The van der Waals surface area contributed by atoms with Crippen molar-refractivity contribution in [3.8, 4) is 11.5 Å². The highest BCUT2D eigenvalue weighted by molar-refractivity contribution is 9.10. The number of nitrogens with two attached hydrogens (primary N) is 1. The minimum Gasteiger partial charge on any atom is -0.493 e.